The summed E-state index contributed by atoms with van der Waals surface area (Å²) in [7, 11) is -3.68. The number of hydrogen-bond acceptors (Lipinski definition) is 5. The lowest BCUT2D eigenvalue weighted by Gasteiger charge is -2.28. The van der Waals surface area contributed by atoms with E-state index < -0.39 is 10.0 Å². The zero-order chi connectivity index (χ0) is 24.3. The number of H-pyrrole nitrogens is 1. The van der Waals surface area contributed by atoms with Crippen LogP contribution in [0.4, 0.5) is 11.4 Å². The Kier molecular flexibility index (Phi) is 7.08. The number of benzene rings is 2. The van der Waals surface area contributed by atoms with Crippen molar-refractivity contribution in [2.24, 2.45) is 0 Å². The first-order chi connectivity index (χ1) is 17.0. The summed E-state index contributed by atoms with van der Waals surface area (Å²) in [4.78, 5) is 18.8. The molecular weight excluding hydrogens is 464 g/mol. The Hall–Kier alpha value is -2.88. The van der Waals surface area contributed by atoms with E-state index in [0.29, 0.717) is 32.0 Å². The number of amides is 1. The number of ether oxygens (including phenoxy) is 1. The molecule has 0 spiro atoms. The number of sulfonamides is 1. The minimum absolute atomic E-state index is 0.174. The molecule has 1 amide bonds. The van der Waals surface area contributed by atoms with Gasteiger partial charge in [-0.15, -0.1) is 0 Å². The van der Waals surface area contributed by atoms with Gasteiger partial charge in [-0.25, -0.2) is 8.42 Å². The van der Waals surface area contributed by atoms with Crippen molar-refractivity contribution in [1.29, 1.82) is 0 Å². The average Bonchev–Trinajstić information content (AvgIpc) is 3.08. The van der Waals surface area contributed by atoms with E-state index in [9.17, 15) is 13.2 Å². The summed E-state index contributed by atoms with van der Waals surface area (Å²) in [5.41, 5.74) is 3.32. The molecule has 186 valence electrons. The van der Waals surface area contributed by atoms with E-state index in [1.165, 1.54) is 17.1 Å². The minimum atomic E-state index is -3.68. The number of morpholine rings is 1. The molecule has 3 aromatic rings. The normalized spacial score (nSPS) is 17.9. The number of carbonyl (C=O) groups is 1. The number of rotatable bonds is 6. The van der Waals surface area contributed by atoms with E-state index in [4.69, 9.17) is 4.74 Å². The van der Waals surface area contributed by atoms with E-state index in [2.05, 4.69) is 15.2 Å². The standard InChI is InChI=1S/C26H32N4O4S/c31-26(17-20-19-27-23-8-4-3-7-22(20)23)28-24-18-21(35(32,33)30-13-15-34-16-14-30)9-10-25(24)29-11-5-1-2-6-12-29/h3-4,7-10,18-19,27H,1-2,5-6,11-17H2,(H,28,31). The van der Waals surface area contributed by atoms with Gasteiger partial charge in [0, 0.05) is 43.3 Å². The zero-order valence-corrected chi connectivity index (χ0v) is 20.6. The van der Waals surface area contributed by atoms with Gasteiger partial charge < -0.3 is 19.9 Å². The lowest BCUT2D eigenvalue weighted by atomic mass is 10.1. The minimum Gasteiger partial charge on any atom is -0.379 e. The van der Waals surface area contributed by atoms with E-state index in [1.54, 1.807) is 12.1 Å². The maximum atomic E-state index is 13.3. The number of hydrogen-bond donors (Lipinski definition) is 2. The van der Waals surface area contributed by atoms with E-state index in [1.807, 2.05) is 36.5 Å². The van der Waals surface area contributed by atoms with Crippen molar-refractivity contribution in [1.82, 2.24) is 9.29 Å². The summed E-state index contributed by atoms with van der Waals surface area (Å²) in [5, 5.41) is 4.06. The van der Waals surface area contributed by atoms with Crippen molar-refractivity contribution in [3.05, 3.63) is 54.2 Å². The number of nitrogens with one attached hydrogen (secondary N) is 2. The summed E-state index contributed by atoms with van der Waals surface area (Å²) in [5.74, 6) is -0.174. The monoisotopic (exact) mass is 496 g/mol. The van der Waals surface area contributed by atoms with Gasteiger partial charge in [0.25, 0.3) is 0 Å². The van der Waals surface area contributed by atoms with E-state index in [-0.39, 0.29) is 17.2 Å². The predicted octanol–water partition coefficient (Wildman–Crippen LogP) is 3.75. The molecule has 0 atom stereocenters. The van der Waals surface area contributed by atoms with Gasteiger partial charge in [-0.1, -0.05) is 31.0 Å². The molecule has 8 nitrogen and oxygen atoms in total. The Balaban J connectivity index is 1.44. The number of fused-ring (bicyclic) bond motifs is 1. The molecule has 5 rings (SSSR count). The Labute approximate surface area is 206 Å². The molecule has 0 radical (unpaired) electrons. The van der Waals surface area contributed by atoms with Crippen molar-refractivity contribution in [3.8, 4) is 0 Å². The van der Waals surface area contributed by atoms with Gasteiger partial charge >= 0.3 is 0 Å². The lowest BCUT2D eigenvalue weighted by molar-refractivity contribution is -0.115. The van der Waals surface area contributed by atoms with Gasteiger partial charge in [0.1, 0.15) is 0 Å². The topological polar surface area (TPSA) is 94.7 Å². The van der Waals surface area contributed by atoms with Crippen molar-refractivity contribution in [2.75, 3.05) is 49.6 Å². The molecular formula is C26H32N4O4S. The van der Waals surface area contributed by atoms with Crippen molar-refractivity contribution >= 4 is 38.2 Å². The van der Waals surface area contributed by atoms with Crippen molar-refractivity contribution in [2.45, 2.75) is 37.0 Å². The van der Waals surface area contributed by atoms with Crippen LogP contribution >= 0.6 is 0 Å². The second kappa shape index (κ2) is 10.4. The highest BCUT2D eigenvalue weighted by Crippen LogP contribution is 2.32. The Morgan fingerprint density at radius 3 is 2.49 bits per heavy atom. The second-order valence-corrected chi connectivity index (χ2v) is 11.1. The van der Waals surface area contributed by atoms with Crippen LogP contribution in [0.1, 0.15) is 31.2 Å². The van der Waals surface area contributed by atoms with E-state index >= 15 is 0 Å². The SMILES string of the molecule is O=C(Cc1c[nH]c2ccccc12)Nc1cc(S(=O)(=O)N2CCOCC2)ccc1N1CCCCCC1. The van der Waals surface area contributed by atoms with Gasteiger partial charge in [0.15, 0.2) is 0 Å². The Morgan fingerprint density at radius 2 is 1.71 bits per heavy atom. The van der Waals surface area contributed by atoms with Gasteiger partial charge in [-0.2, -0.15) is 4.31 Å². The highest BCUT2D eigenvalue weighted by atomic mass is 32.2. The fraction of sp³-hybridized carbons (Fsp3) is 0.423. The molecule has 0 bridgehead atoms. The van der Waals surface area contributed by atoms with Crippen LogP contribution in [0.25, 0.3) is 10.9 Å². The summed E-state index contributed by atoms with van der Waals surface area (Å²) in [6, 6.07) is 13.0. The molecule has 1 aromatic heterocycles. The molecule has 9 heteroatoms. The number of aromatic amines is 1. The summed E-state index contributed by atoms with van der Waals surface area (Å²) in [6.07, 6.45) is 6.58. The molecule has 0 aliphatic carbocycles. The highest BCUT2D eigenvalue weighted by molar-refractivity contribution is 7.89. The molecule has 2 aromatic carbocycles. The smallest absolute Gasteiger partial charge is 0.243 e. The first-order valence-electron chi connectivity index (χ1n) is 12.3. The van der Waals surface area contributed by atoms with E-state index in [0.717, 1.165) is 48.1 Å². The number of aromatic nitrogens is 1. The third kappa shape index (κ3) is 5.22. The molecule has 35 heavy (non-hydrogen) atoms. The van der Waals surface area contributed by atoms with Crippen LogP contribution in [-0.2, 0) is 26.0 Å². The molecule has 2 N–H and O–H groups in total. The zero-order valence-electron chi connectivity index (χ0n) is 19.8. The van der Waals surface area contributed by atoms with Crippen LogP contribution in [0.3, 0.4) is 0 Å². The van der Waals surface area contributed by atoms with Crippen LogP contribution in [0.2, 0.25) is 0 Å². The molecule has 0 saturated carbocycles. The fourth-order valence-electron chi connectivity index (χ4n) is 4.94. The third-order valence-corrected chi connectivity index (χ3v) is 8.72. The number of anilines is 2. The first kappa shape index (κ1) is 23.8. The first-order valence-corrected chi connectivity index (χ1v) is 13.8. The van der Waals surface area contributed by atoms with Crippen LogP contribution in [0.5, 0.6) is 0 Å². The predicted molar refractivity (Wildman–Crippen MR) is 137 cm³/mol. The van der Waals surface area contributed by atoms with Crippen LogP contribution in [0.15, 0.2) is 53.6 Å². The molecule has 3 heterocycles. The third-order valence-electron chi connectivity index (χ3n) is 6.82. The maximum Gasteiger partial charge on any atom is 0.243 e. The molecule has 2 fully saturated rings. The summed E-state index contributed by atoms with van der Waals surface area (Å²) < 4.78 is 33.4. The van der Waals surface area contributed by atoms with Crippen molar-refractivity contribution in [3.63, 3.8) is 0 Å². The van der Waals surface area contributed by atoms with Crippen LogP contribution in [-0.4, -0.2) is 63.0 Å². The van der Waals surface area contributed by atoms with Gasteiger partial charge in [-0.3, -0.25) is 4.79 Å². The quantitative estimate of drug-likeness (QED) is 0.542. The Bertz CT molecular complexity index is 1290. The number of nitrogens with zero attached hydrogens (tertiary/aromatic N) is 2. The largest absolute Gasteiger partial charge is 0.379 e. The fourth-order valence-corrected chi connectivity index (χ4v) is 6.38. The average molecular weight is 497 g/mol. The summed E-state index contributed by atoms with van der Waals surface area (Å²) in [6.45, 7) is 3.22. The van der Waals surface area contributed by atoms with Crippen molar-refractivity contribution < 1.29 is 17.9 Å². The molecule has 2 aliphatic heterocycles. The maximum absolute atomic E-state index is 13.3. The summed E-state index contributed by atoms with van der Waals surface area (Å²) >= 11 is 0. The number of carbonyl (C=O) groups excluding carboxylic acids is 1. The van der Waals surface area contributed by atoms with Gasteiger partial charge in [0.05, 0.1) is 35.9 Å². The highest BCUT2D eigenvalue weighted by Gasteiger charge is 2.28. The van der Waals surface area contributed by atoms with Gasteiger partial charge in [-0.05, 0) is 42.7 Å². The molecule has 2 aliphatic rings. The lowest BCUT2D eigenvalue weighted by Crippen LogP contribution is -2.40. The second-order valence-electron chi connectivity index (χ2n) is 9.18. The molecule has 2 saturated heterocycles. The van der Waals surface area contributed by atoms with Crippen LogP contribution in [0, 0.1) is 0 Å². The van der Waals surface area contributed by atoms with Crippen LogP contribution < -0.4 is 10.2 Å². The van der Waals surface area contributed by atoms with Gasteiger partial charge in [0.2, 0.25) is 15.9 Å². The number of para-hydroxylation sites is 1. The molecule has 0 unspecified atom stereocenters. The Morgan fingerprint density at radius 1 is 0.971 bits per heavy atom.